The summed E-state index contributed by atoms with van der Waals surface area (Å²) in [4.78, 5) is 3.44. The second kappa shape index (κ2) is 5.53. The Hall–Kier alpha value is -1.80. The van der Waals surface area contributed by atoms with Crippen molar-refractivity contribution in [2.45, 2.75) is 31.6 Å². The van der Waals surface area contributed by atoms with E-state index in [1.54, 1.807) is 0 Å². The molecule has 0 radical (unpaired) electrons. The molecule has 0 bridgehead atoms. The van der Waals surface area contributed by atoms with Gasteiger partial charge >= 0.3 is 0 Å². The number of benzene rings is 2. The van der Waals surface area contributed by atoms with Crippen LogP contribution in [-0.2, 0) is 0 Å². The molecule has 0 saturated heterocycles. The number of para-hydroxylation sites is 1. The highest BCUT2D eigenvalue weighted by molar-refractivity contribution is 6.76. The fourth-order valence-electron chi connectivity index (χ4n) is 3.09. The smallest absolute Gasteiger partial charge is 0.0457 e. The standard InChI is InChI=1S/C19H23NSi/c1-21(2,3)14-18(15-9-5-4-6-10-15)17-13-20-19-12-8-7-11-16(17)19/h4-13,18,20H,14H2,1-3H3/t18-/m1/s1. The van der Waals surface area contributed by atoms with Crippen LogP contribution in [-0.4, -0.2) is 13.1 Å². The summed E-state index contributed by atoms with van der Waals surface area (Å²) in [7, 11) is -1.16. The number of fused-ring (bicyclic) bond motifs is 1. The molecule has 1 nitrogen and oxygen atoms in total. The summed E-state index contributed by atoms with van der Waals surface area (Å²) in [6.45, 7) is 7.37. The van der Waals surface area contributed by atoms with Crippen molar-refractivity contribution in [1.29, 1.82) is 0 Å². The molecule has 1 N–H and O–H groups in total. The van der Waals surface area contributed by atoms with Crippen LogP contribution in [0.3, 0.4) is 0 Å². The fourth-order valence-corrected chi connectivity index (χ4v) is 4.77. The molecule has 0 saturated carbocycles. The SMILES string of the molecule is C[Si](C)(C)C[C@H](c1ccccc1)c1c[nH]c2ccccc12. The van der Waals surface area contributed by atoms with E-state index in [1.807, 2.05) is 0 Å². The van der Waals surface area contributed by atoms with E-state index in [2.05, 4.69) is 85.4 Å². The Morgan fingerprint density at radius 3 is 2.29 bits per heavy atom. The molecule has 21 heavy (non-hydrogen) atoms. The van der Waals surface area contributed by atoms with Gasteiger partial charge in [-0.1, -0.05) is 68.2 Å². The first-order valence-electron chi connectivity index (χ1n) is 7.65. The van der Waals surface area contributed by atoms with E-state index in [0.717, 1.165) is 0 Å². The third-order valence-electron chi connectivity index (χ3n) is 4.02. The van der Waals surface area contributed by atoms with Crippen molar-refractivity contribution < 1.29 is 0 Å². The lowest BCUT2D eigenvalue weighted by Crippen LogP contribution is -2.23. The Morgan fingerprint density at radius 1 is 0.905 bits per heavy atom. The van der Waals surface area contributed by atoms with Gasteiger partial charge in [0.2, 0.25) is 0 Å². The van der Waals surface area contributed by atoms with Crippen LogP contribution < -0.4 is 0 Å². The van der Waals surface area contributed by atoms with E-state index in [4.69, 9.17) is 0 Å². The Labute approximate surface area is 128 Å². The minimum Gasteiger partial charge on any atom is -0.361 e. The molecule has 1 heterocycles. The molecule has 2 heteroatoms. The predicted octanol–water partition coefficient (Wildman–Crippen LogP) is 5.64. The largest absolute Gasteiger partial charge is 0.361 e. The van der Waals surface area contributed by atoms with Crippen molar-refractivity contribution in [3.8, 4) is 0 Å². The minimum atomic E-state index is -1.16. The number of hydrogen-bond donors (Lipinski definition) is 1. The molecule has 1 aromatic heterocycles. The van der Waals surface area contributed by atoms with E-state index < -0.39 is 8.07 Å². The van der Waals surface area contributed by atoms with Crippen LogP contribution in [0.5, 0.6) is 0 Å². The zero-order chi connectivity index (χ0) is 14.9. The lowest BCUT2D eigenvalue weighted by atomic mass is 9.92. The van der Waals surface area contributed by atoms with Crippen LogP contribution >= 0.6 is 0 Å². The van der Waals surface area contributed by atoms with E-state index in [0.29, 0.717) is 5.92 Å². The molecule has 3 aromatic rings. The van der Waals surface area contributed by atoms with Crippen molar-refractivity contribution in [2.75, 3.05) is 0 Å². The lowest BCUT2D eigenvalue weighted by molar-refractivity contribution is 0.907. The highest BCUT2D eigenvalue weighted by atomic mass is 28.3. The third kappa shape index (κ3) is 3.11. The molecule has 108 valence electrons. The first kappa shape index (κ1) is 14.1. The zero-order valence-corrected chi connectivity index (χ0v) is 14.1. The molecule has 0 unspecified atom stereocenters. The number of H-pyrrole nitrogens is 1. The van der Waals surface area contributed by atoms with Gasteiger partial charge in [-0.2, -0.15) is 0 Å². The summed E-state index contributed by atoms with van der Waals surface area (Å²) in [6.07, 6.45) is 2.21. The van der Waals surface area contributed by atoms with E-state index in [1.165, 1.54) is 28.1 Å². The Balaban J connectivity index is 2.11. The Bertz CT molecular complexity index is 722. The summed E-state index contributed by atoms with van der Waals surface area (Å²) >= 11 is 0. The third-order valence-corrected chi connectivity index (χ3v) is 5.65. The maximum absolute atomic E-state index is 3.44. The average Bonchev–Trinajstić information content (AvgIpc) is 2.89. The fraction of sp³-hybridized carbons (Fsp3) is 0.263. The maximum atomic E-state index is 3.44. The number of aromatic amines is 1. The number of nitrogens with one attached hydrogen (secondary N) is 1. The molecular formula is C19H23NSi. The summed E-state index contributed by atoms with van der Waals surface area (Å²) in [5.74, 6) is 0.494. The molecule has 0 spiro atoms. The van der Waals surface area contributed by atoms with Crippen LogP contribution in [0.15, 0.2) is 60.8 Å². The summed E-state index contributed by atoms with van der Waals surface area (Å²) in [5.41, 5.74) is 4.12. The molecule has 2 aromatic carbocycles. The summed E-state index contributed by atoms with van der Waals surface area (Å²) in [5, 5.41) is 1.37. The predicted molar refractivity (Wildman–Crippen MR) is 94.7 cm³/mol. The van der Waals surface area contributed by atoms with Gasteiger partial charge in [0, 0.05) is 31.1 Å². The normalized spacial score (nSPS) is 13.5. The number of rotatable bonds is 4. The zero-order valence-electron chi connectivity index (χ0n) is 13.1. The Kier molecular flexibility index (Phi) is 3.73. The van der Waals surface area contributed by atoms with Gasteiger partial charge in [-0.25, -0.2) is 0 Å². The van der Waals surface area contributed by atoms with Gasteiger partial charge in [0.25, 0.3) is 0 Å². The lowest BCUT2D eigenvalue weighted by Gasteiger charge is -2.25. The van der Waals surface area contributed by atoms with Crippen LogP contribution in [0.4, 0.5) is 0 Å². The highest BCUT2D eigenvalue weighted by Gasteiger charge is 2.25. The van der Waals surface area contributed by atoms with Crippen molar-refractivity contribution in [3.05, 3.63) is 71.9 Å². The first-order valence-corrected chi connectivity index (χ1v) is 11.4. The first-order chi connectivity index (χ1) is 10.0. The van der Waals surface area contributed by atoms with Gasteiger partial charge in [-0.05, 0) is 23.2 Å². The molecule has 0 fully saturated rings. The quantitative estimate of drug-likeness (QED) is 0.599. The van der Waals surface area contributed by atoms with Crippen molar-refractivity contribution in [1.82, 2.24) is 4.98 Å². The van der Waals surface area contributed by atoms with Gasteiger partial charge in [0.05, 0.1) is 0 Å². The van der Waals surface area contributed by atoms with Crippen LogP contribution in [0.25, 0.3) is 10.9 Å². The second-order valence-electron chi connectivity index (χ2n) is 7.02. The molecule has 0 aliphatic heterocycles. The van der Waals surface area contributed by atoms with Crippen molar-refractivity contribution >= 4 is 19.0 Å². The van der Waals surface area contributed by atoms with Gasteiger partial charge in [0.1, 0.15) is 0 Å². The van der Waals surface area contributed by atoms with E-state index >= 15 is 0 Å². The number of aromatic nitrogens is 1. The summed E-state index contributed by atoms with van der Waals surface area (Å²) in [6, 6.07) is 20.9. The number of hydrogen-bond acceptors (Lipinski definition) is 0. The van der Waals surface area contributed by atoms with E-state index in [9.17, 15) is 0 Å². The molecule has 0 amide bonds. The van der Waals surface area contributed by atoms with Gasteiger partial charge < -0.3 is 4.98 Å². The molecular weight excluding hydrogens is 270 g/mol. The molecule has 1 atom stereocenters. The maximum Gasteiger partial charge on any atom is 0.0457 e. The van der Waals surface area contributed by atoms with Crippen molar-refractivity contribution in [3.63, 3.8) is 0 Å². The van der Waals surface area contributed by atoms with Gasteiger partial charge in [-0.15, -0.1) is 0 Å². The highest BCUT2D eigenvalue weighted by Crippen LogP contribution is 2.36. The second-order valence-corrected chi connectivity index (χ2v) is 12.5. The topological polar surface area (TPSA) is 15.8 Å². The molecule has 3 rings (SSSR count). The Morgan fingerprint density at radius 2 is 1.57 bits per heavy atom. The summed E-state index contributed by atoms with van der Waals surface area (Å²) < 4.78 is 0. The average molecular weight is 293 g/mol. The monoisotopic (exact) mass is 293 g/mol. The van der Waals surface area contributed by atoms with Crippen molar-refractivity contribution in [2.24, 2.45) is 0 Å². The minimum absolute atomic E-state index is 0.494. The van der Waals surface area contributed by atoms with Gasteiger partial charge in [-0.3, -0.25) is 0 Å². The van der Waals surface area contributed by atoms with Gasteiger partial charge in [0.15, 0.2) is 0 Å². The molecule has 0 aliphatic rings. The van der Waals surface area contributed by atoms with Crippen LogP contribution in [0.1, 0.15) is 17.0 Å². The van der Waals surface area contributed by atoms with Crippen LogP contribution in [0.2, 0.25) is 25.7 Å². The van der Waals surface area contributed by atoms with E-state index in [-0.39, 0.29) is 0 Å². The van der Waals surface area contributed by atoms with Crippen LogP contribution in [0, 0.1) is 0 Å². The molecule has 0 aliphatic carbocycles.